The first-order valence-electron chi connectivity index (χ1n) is 16.5. The highest BCUT2D eigenvalue weighted by molar-refractivity contribution is 5.98. The molecule has 1 fully saturated rings. The lowest BCUT2D eigenvalue weighted by atomic mass is 9.96. The van der Waals surface area contributed by atoms with Crippen LogP contribution in [-0.4, -0.2) is 42.8 Å². The molecule has 0 aliphatic carbocycles. The maximum absolute atomic E-state index is 15.8. The lowest BCUT2D eigenvalue weighted by Crippen LogP contribution is -2.25. The minimum absolute atomic E-state index is 0.0877. The summed E-state index contributed by atoms with van der Waals surface area (Å²) >= 11 is 0. The molecule has 5 aromatic rings. The minimum Gasteiger partial charge on any atom is -0.493 e. The zero-order valence-corrected chi connectivity index (χ0v) is 28.0. The first-order valence-corrected chi connectivity index (χ1v) is 16.5. The molecular weight excluding hydrogens is 621 g/mol. The van der Waals surface area contributed by atoms with Crippen molar-refractivity contribution >= 4 is 11.6 Å². The SMILES string of the molecule is CCc1ccc(-c2cn(CC3CCOCC3)cc(C(=O)Cc3ccc(-c4cc(-c5ccc(OC)c(OC)c5)cnc4N)c(F)c3)c2=O)cc1. The number of halogens is 1. The Morgan fingerprint density at radius 1 is 0.878 bits per heavy atom. The zero-order valence-electron chi connectivity index (χ0n) is 28.0. The molecule has 6 rings (SSSR count). The summed E-state index contributed by atoms with van der Waals surface area (Å²) in [5.74, 6) is 0.756. The van der Waals surface area contributed by atoms with Gasteiger partial charge in [-0.15, -0.1) is 0 Å². The molecule has 0 amide bonds. The highest BCUT2D eigenvalue weighted by Crippen LogP contribution is 2.36. The fraction of sp³-hybridized carbons (Fsp3) is 0.275. The molecule has 0 saturated carbocycles. The number of nitrogen functional groups attached to an aromatic ring is 1. The summed E-state index contributed by atoms with van der Waals surface area (Å²) in [5, 5.41) is 0. The highest BCUT2D eigenvalue weighted by Gasteiger charge is 2.21. The van der Waals surface area contributed by atoms with Gasteiger partial charge < -0.3 is 24.5 Å². The van der Waals surface area contributed by atoms with E-state index in [1.807, 2.05) is 47.2 Å². The van der Waals surface area contributed by atoms with Gasteiger partial charge in [-0.1, -0.05) is 49.4 Å². The van der Waals surface area contributed by atoms with E-state index in [0.717, 1.165) is 36.0 Å². The normalized spacial score (nSPS) is 13.3. The number of hydrogen-bond donors (Lipinski definition) is 1. The number of anilines is 1. The smallest absolute Gasteiger partial charge is 0.200 e. The molecule has 9 heteroatoms. The summed E-state index contributed by atoms with van der Waals surface area (Å²) in [6.45, 7) is 4.15. The summed E-state index contributed by atoms with van der Waals surface area (Å²) in [6.07, 6.45) is 7.69. The van der Waals surface area contributed by atoms with Crippen LogP contribution in [-0.2, 0) is 24.1 Å². The van der Waals surface area contributed by atoms with Gasteiger partial charge in [-0.25, -0.2) is 9.37 Å². The molecule has 8 nitrogen and oxygen atoms in total. The van der Waals surface area contributed by atoms with Crippen LogP contribution in [0.1, 0.15) is 41.3 Å². The third-order valence-corrected chi connectivity index (χ3v) is 9.19. The summed E-state index contributed by atoms with van der Waals surface area (Å²) in [5.41, 5.74) is 11.0. The maximum Gasteiger partial charge on any atom is 0.200 e. The number of carbonyl (C=O) groups excluding carboxylic acids is 1. The average molecular weight is 662 g/mol. The summed E-state index contributed by atoms with van der Waals surface area (Å²) in [4.78, 5) is 31.9. The van der Waals surface area contributed by atoms with E-state index in [0.29, 0.717) is 59.4 Å². The van der Waals surface area contributed by atoms with Crippen LogP contribution in [0.2, 0.25) is 0 Å². The molecule has 0 bridgehead atoms. The highest BCUT2D eigenvalue weighted by atomic mass is 19.1. The van der Waals surface area contributed by atoms with Gasteiger partial charge in [0, 0.05) is 67.0 Å². The second-order valence-electron chi connectivity index (χ2n) is 12.4. The third kappa shape index (κ3) is 7.42. The van der Waals surface area contributed by atoms with E-state index in [1.54, 1.807) is 50.9 Å². The second-order valence-corrected chi connectivity index (χ2v) is 12.4. The van der Waals surface area contributed by atoms with E-state index in [4.69, 9.17) is 19.9 Å². The van der Waals surface area contributed by atoms with E-state index < -0.39 is 5.82 Å². The standard InChI is InChI=1S/C40H40FN3O5/c1-4-25-5-8-28(9-6-25)33-23-44(22-26-13-15-49-16-14-26)24-34(39(33)46)36(45)18-27-7-11-31(35(41)17-27)32-19-30(21-43-40(32)42)29-10-12-37(47-2)38(20-29)48-3/h5-12,17,19-21,23-24,26H,4,13-16,18,22H2,1-3H3,(H2,42,43). The Labute approximate surface area is 285 Å². The Balaban J connectivity index is 1.29. The van der Waals surface area contributed by atoms with Crippen molar-refractivity contribution in [3.05, 3.63) is 118 Å². The second kappa shape index (κ2) is 14.9. The number of benzene rings is 3. The molecule has 3 heterocycles. The van der Waals surface area contributed by atoms with E-state index in [2.05, 4.69) is 11.9 Å². The predicted molar refractivity (Wildman–Crippen MR) is 190 cm³/mol. The number of hydrogen-bond acceptors (Lipinski definition) is 7. The Hall–Kier alpha value is -5.28. The molecule has 49 heavy (non-hydrogen) atoms. The molecule has 3 aromatic carbocycles. The van der Waals surface area contributed by atoms with Gasteiger partial charge >= 0.3 is 0 Å². The van der Waals surface area contributed by atoms with Gasteiger partial charge in [-0.3, -0.25) is 9.59 Å². The van der Waals surface area contributed by atoms with Crippen molar-refractivity contribution in [2.45, 2.75) is 39.2 Å². The van der Waals surface area contributed by atoms with Crippen molar-refractivity contribution in [1.82, 2.24) is 9.55 Å². The molecule has 0 radical (unpaired) electrons. The molecule has 252 valence electrons. The van der Waals surface area contributed by atoms with E-state index in [1.165, 1.54) is 6.07 Å². The number of ketones is 1. The first-order chi connectivity index (χ1) is 23.8. The molecule has 2 N–H and O–H groups in total. The number of nitrogens with two attached hydrogens (primary N) is 1. The zero-order chi connectivity index (χ0) is 34.5. The number of methoxy groups -OCH3 is 2. The molecule has 0 unspecified atom stereocenters. The van der Waals surface area contributed by atoms with Crippen LogP contribution in [0.3, 0.4) is 0 Å². The Kier molecular flexibility index (Phi) is 10.2. The van der Waals surface area contributed by atoms with Gasteiger partial charge in [0.2, 0.25) is 0 Å². The van der Waals surface area contributed by atoms with Crippen LogP contribution in [0, 0.1) is 11.7 Å². The summed E-state index contributed by atoms with van der Waals surface area (Å²) in [6, 6.07) is 19.7. The topological polar surface area (TPSA) is 106 Å². The Morgan fingerprint density at radius 2 is 1.59 bits per heavy atom. The van der Waals surface area contributed by atoms with Gasteiger partial charge in [0.15, 0.2) is 22.7 Å². The van der Waals surface area contributed by atoms with Gasteiger partial charge in [-0.05, 0) is 71.7 Å². The quantitative estimate of drug-likeness (QED) is 0.147. The first kappa shape index (κ1) is 33.6. The number of nitrogens with zero attached hydrogens (tertiary/aromatic N) is 2. The van der Waals surface area contributed by atoms with E-state index in [-0.39, 0.29) is 34.6 Å². The van der Waals surface area contributed by atoms with Crippen LogP contribution in [0.4, 0.5) is 10.2 Å². The molecule has 2 aromatic heterocycles. The third-order valence-electron chi connectivity index (χ3n) is 9.19. The van der Waals surface area contributed by atoms with E-state index in [9.17, 15) is 9.59 Å². The van der Waals surface area contributed by atoms with Gasteiger partial charge in [-0.2, -0.15) is 0 Å². The molecule has 0 atom stereocenters. The van der Waals surface area contributed by atoms with Gasteiger partial charge in [0.05, 0.1) is 19.8 Å². The lowest BCUT2D eigenvalue weighted by molar-refractivity contribution is 0.0612. The number of Topliss-reactive ketones (excluding diaryl/α,β-unsaturated/α-hetero) is 1. The minimum atomic E-state index is -0.551. The number of ether oxygens (including phenoxy) is 3. The van der Waals surface area contributed by atoms with Gasteiger partial charge in [0.25, 0.3) is 0 Å². The van der Waals surface area contributed by atoms with Gasteiger partial charge in [0.1, 0.15) is 11.6 Å². The average Bonchev–Trinajstić information content (AvgIpc) is 3.13. The largest absolute Gasteiger partial charge is 0.493 e. The van der Waals surface area contributed by atoms with Crippen LogP contribution in [0.15, 0.2) is 90.1 Å². The van der Waals surface area contributed by atoms with Crippen LogP contribution >= 0.6 is 0 Å². The number of pyridine rings is 2. The molecular formula is C40H40FN3O5. The number of aryl methyl sites for hydroxylation is 1. The monoisotopic (exact) mass is 661 g/mol. The van der Waals surface area contributed by atoms with Crippen molar-refractivity contribution in [1.29, 1.82) is 0 Å². The lowest BCUT2D eigenvalue weighted by Gasteiger charge is -2.23. The number of aromatic nitrogens is 2. The van der Waals surface area contributed by atoms with Crippen molar-refractivity contribution in [2.75, 3.05) is 33.2 Å². The molecule has 1 saturated heterocycles. The summed E-state index contributed by atoms with van der Waals surface area (Å²) < 4.78 is 34.0. The fourth-order valence-electron chi connectivity index (χ4n) is 6.32. The number of carbonyl (C=O) groups is 1. The molecule has 1 aliphatic rings. The predicted octanol–water partition coefficient (Wildman–Crippen LogP) is 7.40. The fourth-order valence-corrected chi connectivity index (χ4v) is 6.32. The maximum atomic E-state index is 15.8. The summed E-state index contributed by atoms with van der Waals surface area (Å²) in [7, 11) is 3.12. The molecule has 0 spiro atoms. The van der Waals surface area contributed by atoms with Crippen molar-refractivity contribution in [2.24, 2.45) is 5.92 Å². The van der Waals surface area contributed by atoms with Crippen molar-refractivity contribution in [3.63, 3.8) is 0 Å². The van der Waals surface area contributed by atoms with Crippen LogP contribution in [0.25, 0.3) is 33.4 Å². The Morgan fingerprint density at radius 3 is 2.29 bits per heavy atom. The van der Waals surface area contributed by atoms with Crippen LogP contribution in [0.5, 0.6) is 11.5 Å². The van der Waals surface area contributed by atoms with Crippen molar-refractivity contribution in [3.8, 4) is 44.9 Å². The number of rotatable bonds is 11. The van der Waals surface area contributed by atoms with E-state index >= 15 is 4.39 Å². The van der Waals surface area contributed by atoms with Crippen LogP contribution < -0.4 is 20.6 Å². The van der Waals surface area contributed by atoms with Crippen molar-refractivity contribution < 1.29 is 23.4 Å². The molecule has 1 aliphatic heterocycles. The Bertz CT molecular complexity index is 2030.